The lowest BCUT2D eigenvalue weighted by Crippen LogP contribution is -2.45. The van der Waals surface area contributed by atoms with Crippen molar-refractivity contribution in [3.8, 4) is 11.4 Å². The molecular formula is C21H20F4N4O. The Balaban J connectivity index is 1.27. The topological polar surface area (TPSA) is 45.4 Å². The van der Waals surface area contributed by atoms with Crippen molar-refractivity contribution in [1.82, 2.24) is 19.9 Å². The number of alkyl halides is 3. The Hall–Kier alpha value is -2.78. The van der Waals surface area contributed by atoms with Gasteiger partial charge in [-0.05, 0) is 42.0 Å². The van der Waals surface area contributed by atoms with E-state index in [2.05, 4.69) is 19.9 Å². The lowest BCUT2D eigenvalue weighted by molar-refractivity contribution is -0.137. The lowest BCUT2D eigenvalue weighted by atomic mass is 10.1. The van der Waals surface area contributed by atoms with Crippen molar-refractivity contribution in [1.29, 1.82) is 0 Å². The zero-order valence-corrected chi connectivity index (χ0v) is 16.1. The molecule has 1 saturated heterocycles. The van der Waals surface area contributed by atoms with Crippen LogP contribution in [0.2, 0.25) is 0 Å². The van der Waals surface area contributed by atoms with E-state index in [1.165, 1.54) is 24.3 Å². The van der Waals surface area contributed by atoms with E-state index in [1.807, 2.05) is 0 Å². The maximum Gasteiger partial charge on any atom is 0.416 e. The highest BCUT2D eigenvalue weighted by atomic mass is 19.4. The first-order chi connectivity index (χ1) is 14.4. The van der Waals surface area contributed by atoms with Gasteiger partial charge in [-0.15, -0.1) is 0 Å². The van der Waals surface area contributed by atoms with Crippen molar-refractivity contribution in [2.75, 3.05) is 26.2 Å². The number of hydrogen-bond acceptors (Lipinski definition) is 5. The van der Waals surface area contributed by atoms with Crippen LogP contribution in [0.5, 0.6) is 0 Å². The predicted molar refractivity (Wildman–Crippen MR) is 102 cm³/mol. The normalized spacial score (nSPS) is 16.1. The molecule has 4 rings (SSSR count). The van der Waals surface area contributed by atoms with Gasteiger partial charge in [0, 0.05) is 38.3 Å². The molecule has 2 heterocycles. The molecule has 2 aromatic carbocycles. The number of piperazine rings is 1. The smallest absolute Gasteiger partial charge is 0.338 e. The van der Waals surface area contributed by atoms with Crippen molar-refractivity contribution in [2.45, 2.75) is 19.3 Å². The first-order valence-corrected chi connectivity index (χ1v) is 9.56. The van der Waals surface area contributed by atoms with E-state index >= 15 is 0 Å². The van der Waals surface area contributed by atoms with Gasteiger partial charge in [0.2, 0.25) is 11.7 Å². The van der Waals surface area contributed by atoms with Crippen LogP contribution in [0.25, 0.3) is 11.4 Å². The highest BCUT2D eigenvalue weighted by Crippen LogP contribution is 2.29. The fourth-order valence-corrected chi connectivity index (χ4v) is 3.39. The van der Waals surface area contributed by atoms with Gasteiger partial charge in [0.25, 0.3) is 0 Å². The van der Waals surface area contributed by atoms with Gasteiger partial charge in [-0.2, -0.15) is 18.2 Å². The molecule has 1 aromatic heterocycles. The van der Waals surface area contributed by atoms with Gasteiger partial charge in [-0.3, -0.25) is 9.80 Å². The molecule has 1 aliphatic rings. The van der Waals surface area contributed by atoms with Crippen LogP contribution in [-0.2, 0) is 19.3 Å². The number of nitrogens with zero attached hydrogens (tertiary/aromatic N) is 4. The molecule has 158 valence electrons. The summed E-state index contributed by atoms with van der Waals surface area (Å²) in [4.78, 5) is 8.76. The van der Waals surface area contributed by atoms with E-state index in [-0.39, 0.29) is 5.82 Å². The third kappa shape index (κ3) is 5.03. The Morgan fingerprint density at radius 3 is 2.03 bits per heavy atom. The van der Waals surface area contributed by atoms with Gasteiger partial charge in [0.05, 0.1) is 12.1 Å². The van der Waals surface area contributed by atoms with Gasteiger partial charge in [0.15, 0.2) is 0 Å². The summed E-state index contributed by atoms with van der Waals surface area (Å²) in [5.74, 6) is 0.591. The average molecular weight is 420 g/mol. The zero-order valence-electron chi connectivity index (χ0n) is 16.1. The van der Waals surface area contributed by atoms with Crippen molar-refractivity contribution in [3.63, 3.8) is 0 Å². The molecule has 0 atom stereocenters. The van der Waals surface area contributed by atoms with Gasteiger partial charge < -0.3 is 4.52 Å². The van der Waals surface area contributed by atoms with Gasteiger partial charge in [-0.1, -0.05) is 17.3 Å². The Morgan fingerprint density at radius 1 is 0.833 bits per heavy atom. The second kappa shape index (κ2) is 8.53. The summed E-state index contributed by atoms with van der Waals surface area (Å²) in [5.41, 5.74) is 0.917. The summed E-state index contributed by atoms with van der Waals surface area (Å²) < 4.78 is 56.3. The molecule has 0 spiro atoms. The highest BCUT2D eigenvalue weighted by molar-refractivity contribution is 5.53. The quantitative estimate of drug-likeness (QED) is 0.579. The van der Waals surface area contributed by atoms with Crippen LogP contribution in [0.15, 0.2) is 53.1 Å². The fourth-order valence-electron chi connectivity index (χ4n) is 3.39. The molecule has 0 radical (unpaired) electrons. The lowest BCUT2D eigenvalue weighted by Gasteiger charge is -2.33. The van der Waals surface area contributed by atoms with Crippen LogP contribution in [0.4, 0.5) is 17.6 Å². The number of benzene rings is 2. The van der Waals surface area contributed by atoms with E-state index in [0.717, 1.165) is 43.9 Å². The number of hydrogen-bond donors (Lipinski definition) is 0. The molecule has 0 amide bonds. The van der Waals surface area contributed by atoms with Gasteiger partial charge >= 0.3 is 6.18 Å². The molecule has 1 aliphatic heterocycles. The largest absolute Gasteiger partial charge is 0.416 e. The first-order valence-electron chi connectivity index (χ1n) is 9.56. The van der Waals surface area contributed by atoms with Crippen LogP contribution in [0, 0.1) is 5.82 Å². The minimum Gasteiger partial charge on any atom is -0.338 e. The van der Waals surface area contributed by atoms with Crippen LogP contribution >= 0.6 is 0 Å². The van der Waals surface area contributed by atoms with Crippen molar-refractivity contribution >= 4 is 0 Å². The molecule has 0 unspecified atom stereocenters. The molecule has 1 fully saturated rings. The van der Waals surface area contributed by atoms with Crippen molar-refractivity contribution in [3.05, 3.63) is 71.4 Å². The maximum atomic E-state index is 13.0. The van der Waals surface area contributed by atoms with Gasteiger partial charge in [0.1, 0.15) is 5.82 Å². The third-order valence-corrected chi connectivity index (χ3v) is 5.08. The summed E-state index contributed by atoms with van der Waals surface area (Å²) >= 11 is 0. The minimum atomic E-state index is -4.31. The Morgan fingerprint density at radius 2 is 1.43 bits per heavy atom. The van der Waals surface area contributed by atoms with E-state index < -0.39 is 11.7 Å². The number of rotatable bonds is 5. The number of halogens is 4. The molecule has 30 heavy (non-hydrogen) atoms. The molecule has 3 aromatic rings. The minimum absolute atomic E-state index is 0.323. The van der Waals surface area contributed by atoms with Crippen LogP contribution in [0.3, 0.4) is 0 Å². The van der Waals surface area contributed by atoms with Gasteiger partial charge in [-0.25, -0.2) is 4.39 Å². The SMILES string of the molecule is Fc1ccc(-c2noc(CN3CCN(Cc4ccc(C(F)(F)F)cc4)CC3)n2)cc1. The molecule has 0 N–H and O–H groups in total. The van der Waals surface area contributed by atoms with Crippen LogP contribution < -0.4 is 0 Å². The second-order valence-corrected chi connectivity index (χ2v) is 7.27. The summed E-state index contributed by atoms with van der Waals surface area (Å²) in [6.07, 6.45) is -4.31. The van der Waals surface area contributed by atoms with Crippen molar-refractivity contribution in [2.24, 2.45) is 0 Å². The third-order valence-electron chi connectivity index (χ3n) is 5.08. The fraction of sp³-hybridized carbons (Fsp3) is 0.333. The Kier molecular flexibility index (Phi) is 5.83. The molecule has 5 nitrogen and oxygen atoms in total. The van der Waals surface area contributed by atoms with E-state index in [4.69, 9.17) is 4.52 Å². The van der Waals surface area contributed by atoms with E-state index in [0.29, 0.717) is 30.4 Å². The maximum absolute atomic E-state index is 13.0. The molecule has 0 saturated carbocycles. The summed E-state index contributed by atoms with van der Waals surface area (Å²) in [6.45, 7) is 4.29. The summed E-state index contributed by atoms with van der Waals surface area (Å²) in [7, 11) is 0. The van der Waals surface area contributed by atoms with Crippen molar-refractivity contribution < 1.29 is 22.1 Å². The van der Waals surface area contributed by atoms with Crippen LogP contribution in [0.1, 0.15) is 17.0 Å². The summed E-state index contributed by atoms with van der Waals surface area (Å²) in [5, 5.41) is 3.95. The molecule has 9 heteroatoms. The molecular weight excluding hydrogens is 400 g/mol. The van der Waals surface area contributed by atoms with E-state index in [9.17, 15) is 17.6 Å². The van der Waals surface area contributed by atoms with E-state index in [1.54, 1.807) is 12.1 Å². The summed E-state index contributed by atoms with van der Waals surface area (Å²) in [6, 6.07) is 11.2. The Labute approximate surface area is 170 Å². The highest BCUT2D eigenvalue weighted by Gasteiger charge is 2.30. The second-order valence-electron chi connectivity index (χ2n) is 7.27. The standard InChI is InChI=1S/C21H20F4N4O/c22-18-7-3-16(4-8-18)20-26-19(30-27-20)14-29-11-9-28(10-12-29)13-15-1-5-17(6-2-15)21(23,24)25/h1-8H,9-14H2. The van der Waals surface area contributed by atoms with Crippen LogP contribution in [-0.4, -0.2) is 46.1 Å². The zero-order chi connectivity index (χ0) is 21.1. The molecule has 0 aliphatic carbocycles. The monoisotopic (exact) mass is 420 g/mol. The molecule has 0 bridgehead atoms. The number of aromatic nitrogens is 2. The first kappa shape index (κ1) is 20.5. The Bertz CT molecular complexity index is 962. The average Bonchev–Trinajstić information content (AvgIpc) is 3.18. The predicted octanol–water partition coefficient (Wildman–Crippen LogP) is 4.21.